The van der Waals surface area contributed by atoms with E-state index in [0.717, 1.165) is 5.69 Å². The Morgan fingerprint density at radius 1 is 1.17 bits per heavy atom. The number of anilines is 1. The molecule has 0 saturated heterocycles. The lowest BCUT2D eigenvalue weighted by Crippen LogP contribution is -2.19. The van der Waals surface area contributed by atoms with E-state index >= 15 is 0 Å². The lowest BCUT2D eigenvalue weighted by atomic mass is 10.1. The summed E-state index contributed by atoms with van der Waals surface area (Å²) < 4.78 is 0. The summed E-state index contributed by atoms with van der Waals surface area (Å²) in [4.78, 5) is 4.12. The van der Waals surface area contributed by atoms with Crippen LogP contribution in [0.2, 0.25) is 10.0 Å². The Balaban J connectivity index is 2.05. The number of amidine groups is 1. The molecule has 0 aromatic heterocycles. The summed E-state index contributed by atoms with van der Waals surface area (Å²) in [5.41, 5.74) is 7.90. The monoisotopic (exact) mass is 362 g/mol. The molecule has 0 radical (unpaired) electrons. The predicted molar refractivity (Wildman–Crippen MR) is 99.2 cm³/mol. The highest BCUT2D eigenvalue weighted by atomic mass is 35.5. The molecule has 116 valence electrons. The second-order valence-corrected chi connectivity index (χ2v) is 5.80. The van der Waals surface area contributed by atoms with Crippen LogP contribution in [0, 0.1) is 11.3 Å². The molecule has 0 aliphatic rings. The second kappa shape index (κ2) is 7.93. The molecule has 0 aliphatic heterocycles. The van der Waals surface area contributed by atoms with Crippen LogP contribution < -0.4 is 11.1 Å². The molecule has 23 heavy (non-hydrogen) atoms. The van der Waals surface area contributed by atoms with Crippen molar-refractivity contribution in [1.82, 2.24) is 0 Å². The minimum atomic E-state index is 0.218. The standard InChI is InChI=1S/C16H12Cl2N4S/c17-13-2-1-3-14(18)12(13)8-15(20)22-16(23)21-11-6-4-10(9-19)5-7-11/h1-7H,8H2,(H3,20,21,22,23). The fourth-order valence-corrected chi connectivity index (χ4v) is 2.60. The SMILES string of the molecule is N#Cc1ccc(NC(=S)/N=C(/N)Cc2c(Cl)cccc2Cl)cc1. The van der Waals surface area contributed by atoms with Gasteiger partial charge in [0.15, 0.2) is 5.11 Å². The van der Waals surface area contributed by atoms with Gasteiger partial charge >= 0.3 is 0 Å². The molecular formula is C16H12Cl2N4S. The number of halogens is 2. The van der Waals surface area contributed by atoms with Crippen molar-refractivity contribution in [3.63, 3.8) is 0 Å². The first-order valence-electron chi connectivity index (χ1n) is 6.56. The number of nitrogens with one attached hydrogen (secondary N) is 1. The number of rotatable bonds is 3. The predicted octanol–water partition coefficient (Wildman–Crippen LogP) is 4.16. The van der Waals surface area contributed by atoms with Crippen molar-refractivity contribution in [1.29, 1.82) is 5.26 Å². The normalized spacial score (nSPS) is 10.9. The molecule has 0 heterocycles. The van der Waals surface area contributed by atoms with Crippen molar-refractivity contribution in [2.45, 2.75) is 6.42 Å². The van der Waals surface area contributed by atoms with Crippen LogP contribution in [0.4, 0.5) is 5.69 Å². The van der Waals surface area contributed by atoms with Gasteiger partial charge in [0.25, 0.3) is 0 Å². The van der Waals surface area contributed by atoms with E-state index in [0.29, 0.717) is 33.4 Å². The molecule has 0 fully saturated rings. The van der Waals surface area contributed by atoms with Gasteiger partial charge in [-0.05, 0) is 54.2 Å². The lowest BCUT2D eigenvalue weighted by molar-refractivity contribution is 1.29. The average molecular weight is 363 g/mol. The first kappa shape index (κ1) is 17.2. The molecule has 2 rings (SSSR count). The van der Waals surface area contributed by atoms with E-state index in [2.05, 4.69) is 10.3 Å². The maximum atomic E-state index is 8.76. The Morgan fingerprint density at radius 3 is 2.35 bits per heavy atom. The number of benzene rings is 2. The maximum absolute atomic E-state index is 8.76. The summed E-state index contributed by atoms with van der Waals surface area (Å²) in [6.07, 6.45) is 0.299. The third kappa shape index (κ3) is 4.93. The van der Waals surface area contributed by atoms with Crippen molar-refractivity contribution < 1.29 is 0 Å². The molecule has 4 nitrogen and oxygen atoms in total. The zero-order valence-corrected chi connectivity index (χ0v) is 14.2. The average Bonchev–Trinajstić information content (AvgIpc) is 2.51. The van der Waals surface area contributed by atoms with Gasteiger partial charge in [0.2, 0.25) is 0 Å². The summed E-state index contributed by atoms with van der Waals surface area (Å²) in [7, 11) is 0. The van der Waals surface area contributed by atoms with Crippen molar-refractivity contribution in [2.75, 3.05) is 5.32 Å². The first-order chi connectivity index (χ1) is 11.0. The number of aliphatic imine (C=N–C) groups is 1. The molecule has 0 saturated carbocycles. The van der Waals surface area contributed by atoms with Gasteiger partial charge in [0.05, 0.1) is 11.6 Å². The highest BCUT2D eigenvalue weighted by Crippen LogP contribution is 2.24. The fourth-order valence-electron chi connectivity index (χ4n) is 1.83. The summed E-state index contributed by atoms with van der Waals surface area (Å²) in [6.45, 7) is 0. The van der Waals surface area contributed by atoms with Crippen LogP contribution in [-0.4, -0.2) is 10.9 Å². The third-order valence-corrected chi connectivity index (χ3v) is 3.83. The molecule has 0 amide bonds. The molecule has 2 aromatic rings. The molecule has 3 N–H and O–H groups in total. The van der Waals surface area contributed by atoms with Crippen LogP contribution in [0.5, 0.6) is 0 Å². The largest absolute Gasteiger partial charge is 0.387 e. The maximum Gasteiger partial charge on any atom is 0.198 e. The second-order valence-electron chi connectivity index (χ2n) is 4.60. The van der Waals surface area contributed by atoms with Crippen LogP contribution in [0.3, 0.4) is 0 Å². The van der Waals surface area contributed by atoms with Gasteiger partial charge in [0, 0.05) is 22.2 Å². The number of hydrogen-bond donors (Lipinski definition) is 2. The number of hydrogen-bond acceptors (Lipinski definition) is 2. The Kier molecular flexibility index (Phi) is 5.94. The van der Waals surface area contributed by atoms with Gasteiger partial charge in [-0.2, -0.15) is 5.26 Å². The van der Waals surface area contributed by atoms with E-state index in [1.54, 1.807) is 42.5 Å². The summed E-state index contributed by atoms with van der Waals surface area (Å²) in [5.74, 6) is 0.297. The summed E-state index contributed by atoms with van der Waals surface area (Å²) in [5, 5.41) is 13.0. The lowest BCUT2D eigenvalue weighted by Gasteiger charge is -2.08. The van der Waals surface area contributed by atoms with E-state index in [4.69, 9.17) is 46.4 Å². The minimum absolute atomic E-state index is 0.218. The van der Waals surface area contributed by atoms with Crippen LogP contribution in [0.25, 0.3) is 0 Å². The topological polar surface area (TPSA) is 74.2 Å². The van der Waals surface area contributed by atoms with E-state index in [1.807, 2.05) is 6.07 Å². The van der Waals surface area contributed by atoms with E-state index in [1.165, 1.54) is 0 Å². The van der Waals surface area contributed by atoms with Gasteiger partial charge in [0.1, 0.15) is 5.84 Å². The van der Waals surface area contributed by atoms with Gasteiger partial charge in [-0.3, -0.25) is 0 Å². The molecule has 0 bridgehead atoms. The smallest absolute Gasteiger partial charge is 0.198 e. The quantitative estimate of drug-likeness (QED) is 0.488. The van der Waals surface area contributed by atoms with Crippen LogP contribution in [0.1, 0.15) is 11.1 Å². The fraction of sp³-hybridized carbons (Fsp3) is 0.0625. The number of nitrogens with two attached hydrogens (primary N) is 1. The number of nitrogens with zero attached hydrogens (tertiary/aromatic N) is 2. The molecular weight excluding hydrogens is 351 g/mol. The van der Waals surface area contributed by atoms with Crippen LogP contribution in [0.15, 0.2) is 47.5 Å². The van der Waals surface area contributed by atoms with Crippen molar-refractivity contribution in [3.05, 3.63) is 63.6 Å². The highest BCUT2D eigenvalue weighted by Gasteiger charge is 2.08. The summed E-state index contributed by atoms with van der Waals surface area (Å²) in [6, 6.07) is 14.1. The van der Waals surface area contributed by atoms with E-state index < -0.39 is 0 Å². The van der Waals surface area contributed by atoms with Crippen LogP contribution in [-0.2, 0) is 6.42 Å². The van der Waals surface area contributed by atoms with Gasteiger partial charge in [-0.1, -0.05) is 29.3 Å². The first-order valence-corrected chi connectivity index (χ1v) is 7.73. The van der Waals surface area contributed by atoms with Gasteiger partial charge in [-0.25, -0.2) is 4.99 Å². The molecule has 0 spiro atoms. The minimum Gasteiger partial charge on any atom is -0.387 e. The Labute approximate surface area is 149 Å². The van der Waals surface area contributed by atoms with Gasteiger partial charge in [-0.15, -0.1) is 0 Å². The Morgan fingerprint density at radius 2 is 1.78 bits per heavy atom. The molecule has 0 unspecified atom stereocenters. The molecule has 7 heteroatoms. The number of thiocarbonyl (C=S) groups is 1. The van der Waals surface area contributed by atoms with Crippen molar-refractivity contribution >= 4 is 52.1 Å². The van der Waals surface area contributed by atoms with E-state index in [9.17, 15) is 0 Å². The van der Waals surface area contributed by atoms with E-state index in [-0.39, 0.29) is 5.11 Å². The zero-order chi connectivity index (χ0) is 16.8. The molecule has 0 atom stereocenters. The molecule has 0 aliphatic carbocycles. The Bertz CT molecular complexity index is 774. The number of nitriles is 1. The Hall–Kier alpha value is -2.13. The van der Waals surface area contributed by atoms with Crippen molar-refractivity contribution in [3.8, 4) is 6.07 Å². The van der Waals surface area contributed by atoms with Crippen LogP contribution >= 0.6 is 35.4 Å². The highest BCUT2D eigenvalue weighted by molar-refractivity contribution is 7.80. The summed E-state index contributed by atoms with van der Waals surface area (Å²) >= 11 is 17.3. The van der Waals surface area contributed by atoms with Gasteiger partial charge < -0.3 is 11.1 Å². The molecule has 2 aromatic carbocycles. The van der Waals surface area contributed by atoms with Crippen molar-refractivity contribution in [2.24, 2.45) is 10.7 Å². The zero-order valence-electron chi connectivity index (χ0n) is 11.9. The third-order valence-electron chi connectivity index (χ3n) is 2.93.